The van der Waals surface area contributed by atoms with Gasteiger partial charge < -0.3 is 5.73 Å². The van der Waals surface area contributed by atoms with Gasteiger partial charge in [-0.2, -0.15) is 0 Å². The molecule has 6 rings (SSSR count). The second-order valence-corrected chi connectivity index (χ2v) is 7.37. The molecule has 0 aliphatic carbocycles. The van der Waals surface area contributed by atoms with Gasteiger partial charge in [0, 0.05) is 5.69 Å². The van der Waals surface area contributed by atoms with E-state index in [1.54, 1.807) is 0 Å². The van der Waals surface area contributed by atoms with Gasteiger partial charge in [-0.25, -0.2) is 0 Å². The van der Waals surface area contributed by atoms with Crippen LogP contribution < -0.4 is 5.73 Å². The summed E-state index contributed by atoms with van der Waals surface area (Å²) in [7, 11) is 0. The van der Waals surface area contributed by atoms with Crippen molar-refractivity contribution in [3.63, 3.8) is 0 Å². The molecule has 0 aliphatic rings. The Morgan fingerprint density at radius 2 is 0.815 bits per heavy atom. The van der Waals surface area contributed by atoms with Gasteiger partial charge in [0.25, 0.3) is 0 Å². The van der Waals surface area contributed by atoms with Gasteiger partial charge in [0.05, 0.1) is 0 Å². The third-order valence-electron chi connectivity index (χ3n) is 5.64. The summed E-state index contributed by atoms with van der Waals surface area (Å²) < 4.78 is 0. The highest BCUT2D eigenvalue weighted by atomic mass is 14.5. The minimum absolute atomic E-state index is 0.805. The van der Waals surface area contributed by atoms with Crippen LogP contribution in [0.3, 0.4) is 0 Å². The Kier molecular flexibility index (Phi) is 2.81. The van der Waals surface area contributed by atoms with Crippen LogP contribution in [0.4, 0.5) is 5.69 Å². The number of nitrogen functional groups attached to an aromatic ring is 1. The van der Waals surface area contributed by atoms with Crippen LogP contribution in [0, 0.1) is 0 Å². The summed E-state index contributed by atoms with van der Waals surface area (Å²) in [5, 5.41) is 12.6. The molecule has 6 aromatic carbocycles. The molecular weight excluding hydrogens is 326 g/mol. The highest BCUT2D eigenvalue weighted by Crippen LogP contribution is 2.34. The lowest BCUT2D eigenvalue weighted by molar-refractivity contribution is 1.75. The zero-order chi connectivity index (χ0) is 18.0. The Bertz CT molecular complexity index is 1530. The monoisotopic (exact) mass is 343 g/mol. The molecule has 0 unspecified atom stereocenters. The summed E-state index contributed by atoms with van der Waals surface area (Å²) in [5.41, 5.74) is 6.81. The van der Waals surface area contributed by atoms with Gasteiger partial charge in [-0.3, -0.25) is 0 Å². The second-order valence-electron chi connectivity index (χ2n) is 7.37. The van der Waals surface area contributed by atoms with Gasteiger partial charge in [0.15, 0.2) is 0 Å². The van der Waals surface area contributed by atoms with E-state index < -0.39 is 0 Å². The summed E-state index contributed by atoms with van der Waals surface area (Å²) in [4.78, 5) is 0. The molecule has 2 N–H and O–H groups in total. The van der Waals surface area contributed by atoms with Crippen molar-refractivity contribution in [1.82, 2.24) is 0 Å². The molecule has 0 radical (unpaired) electrons. The maximum atomic E-state index is 6.01. The molecule has 0 aliphatic heterocycles. The van der Waals surface area contributed by atoms with Gasteiger partial charge in [0.2, 0.25) is 0 Å². The van der Waals surface area contributed by atoms with E-state index in [1.807, 2.05) is 6.07 Å². The lowest BCUT2D eigenvalue weighted by Crippen LogP contribution is -1.85. The van der Waals surface area contributed by atoms with Gasteiger partial charge in [-0.05, 0) is 102 Å². The van der Waals surface area contributed by atoms with Crippen LogP contribution in [0.25, 0.3) is 53.9 Å². The lowest BCUT2D eigenvalue weighted by Gasteiger charge is -2.10. The molecule has 27 heavy (non-hydrogen) atoms. The van der Waals surface area contributed by atoms with E-state index in [0.717, 1.165) is 5.69 Å². The third kappa shape index (κ3) is 2.18. The zero-order valence-corrected chi connectivity index (χ0v) is 14.7. The Hall–Kier alpha value is -3.58. The fourth-order valence-corrected chi connectivity index (χ4v) is 4.27. The number of anilines is 1. The molecule has 1 nitrogen and oxygen atoms in total. The smallest absolute Gasteiger partial charge is 0.0320 e. The van der Waals surface area contributed by atoms with E-state index >= 15 is 0 Å². The van der Waals surface area contributed by atoms with E-state index in [4.69, 9.17) is 5.73 Å². The molecule has 0 spiro atoms. The predicted octanol–water partition coefficient (Wildman–Crippen LogP) is 7.03. The Labute approximate surface area is 156 Å². The van der Waals surface area contributed by atoms with Crippen LogP contribution in [0.2, 0.25) is 0 Å². The van der Waals surface area contributed by atoms with Gasteiger partial charge >= 0.3 is 0 Å². The van der Waals surface area contributed by atoms with Crippen molar-refractivity contribution in [3.05, 3.63) is 91.0 Å². The second kappa shape index (κ2) is 5.21. The van der Waals surface area contributed by atoms with Crippen LogP contribution >= 0.6 is 0 Å². The minimum Gasteiger partial charge on any atom is -0.399 e. The van der Waals surface area contributed by atoms with Crippen LogP contribution in [0.5, 0.6) is 0 Å². The van der Waals surface area contributed by atoms with Crippen molar-refractivity contribution < 1.29 is 0 Å². The van der Waals surface area contributed by atoms with Gasteiger partial charge in [-0.1, -0.05) is 42.5 Å². The van der Waals surface area contributed by atoms with E-state index in [1.165, 1.54) is 53.9 Å². The minimum atomic E-state index is 0.805. The number of hydrogen-bond donors (Lipinski definition) is 1. The van der Waals surface area contributed by atoms with Crippen LogP contribution in [0.15, 0.2) is 91.0 Å². The largest absolute Gasteiger partial charge is 0.399 e. The molecule has 0 saturated carbocycles. The topological polar surface area (TPSA) is 26.0 Å². The maximum Gasteiger partial charge on any atom is 0.0320 e. The number of rotatable bonds is 0. The average molecular weight is 343 g/mol. The van der Waals surface area contributed by atoms with Crippen molar-refractivity contribution in [2.75, 3.05) is 5.73 Å². The Morgan fingerprint density at radius 3 is 1.48 bits per heavy atom. The fourth-order valence-electron chi connectivity index (χ4n) is 4.27. The van der Waals surface area contributed by atoms with E-state index in [-0.39, 0.29) is 0 Å². The quantitative estimate of drug-likeness (QED) is 0.179. The molecule has 0 aromatic heterocycles. The summed E-state index contributed by atoms with van der Waals surface area (Å²) >= 11 is 0. The van der Waals surface area contributed by atoms with E-state index in [2.05, 4.69) is 84.9 Å². The van der Waals surface area contributed by atoms with Crippen molar-refractivity contribution in [2.24, 2.45) is 0 Å². The van der Waals surface area contributed by atoms with Gasteiger partial charge in [0.1, 0.15) is 0 Å². The standard InChI is InChI=1S/C26H17N/c27-24-8-7-18-9-19-5-6-20-12-21-10-16-3-1-2-4-17(16)11-22(21)14-25(20)26(19)15-23(18)13-24/h1-15H,27H2. The van der Waals surface area contributed by atoms with E-state index in [0.29, 0.717) is 0 Å². The number of nitrogens with two attached hydrogens (primary N) is 1. The first-order valence-electron chi connectivity index (χ1n) is 9.23. The fraction of sp³-hybridized carbons (Fsp3) is 0. The Balaban J connectivity index is 1.76. The molecule has 0 bridgehead atoms. The third-order valence-corrected chi connectivity index (χ3v) is 5.64. The normalized spacial score (nSPS) is 11.9. The summed E-state index contributed by atoms with van der Waals surface area (Å²) in [6.07, 6.45) is 0. The molecule has 1 heteroatoms. The molecule has 0 amide bonds. The lowest BCUT2D eigenvalue weighted by atomic mass is 9.95. The predicted molar refractivity (Wildman–Crippen MR) is 118 cm³/mol. The Morgan fingerprint density at radius 1 is 0.370 bits per heavy atom. The first-order chi connectivity index (χ1) is 13.2. The highest BCUT2D eigenvalue weighted by molar-refractivity contribution is 6.16. The highest BCUT2D eigenvalue weighted by Gasteiger charge is 2.06. The molecule has 6 aromatic rings. The zero-order valence-electron chi connectivity index (χ0n) is 14.7. The summed E-state index contributed by atoms with van der Waals surface area (Å²) in [6.45, 7) is 0. The number of hydrogen-bond acceptors (Lipinski definition) is 1. The number of benzene rings is 6. The molecule has 126 valence electrons. The van der Waals surface area contributed by atoms with Crippen molar-refractivity contribution in [2.45, 2.75) is 0 Å². The van der Waals surface area contributed by atoms with Crippen molar-refractivity contribution in [3.8, 4) is 0 Å². The van der Waals surface area contributed by atoms with Crippen LogP contribution in [-0.4, -0.2) is 0 Å². The average Bonchev–Trinajstić information content (AvgIpc) is 2.69. The molecule has 0 saturated heterocycles. The first kappa shape index (κ1) is 14.6. The molecule has 0 fully saturated rings. The molecule has 0 heterocycles. The summed E-state index contributed by atoms with van der Waals surface area (Å²) in [6, 6.07) is 32.9. The van der Waals surface area contributed by atoms with Crippen molar-refractivity contribution >= 4 is 59.5 Å². The van der Waals surface area contributed by atoms with Crippen LogP contribution in [-0.2, 0) is 0 Å². The molecular formula is C26H17N. The number of fused-ring (bicyclic) bond motifs is 6. The van der Waals surface area contributed by atoms with E-state index in [9.17, 15) is 0 Å². The van der Waals surface area contributed by atoms with Crippen LogP contribution in [0.1, 0.15) is 0 Å². The van der Waals surface area contributed by atoms with Crippen molar-refractivity contribution in [1.29, 1.82) is 0 Å². The SMILES string of the molecule is Nc1ccc2cc3ccc4cc5cc6ccccc6cc5cc4c3cc2c1. The van der Waals surface area contributed by atoms with Gasteiger partial charge in [-0.15, -0.1) is 0 Å². The summed E-state index contributed by atoms with van der Waals surface area (Å²) in [5.74, 6) is 0. The maximum absolute atomic E-state index is 6.01. The molecule has 0 atom stereocenters. The first-order valence-corrected chi connectivity index (χ1v) is 9.23.